The molecule has 2 rings (SSSR count). The summed E-state index contributed by atoms with van der Waals surface area (Å²) in [5, 5.41) is 18.4. The predicted molar refractivity (Wildman–Crippen MR) is 64.5 cm³/mol. The van der Waals surface area contributed by atoms with Crippen molar-refractivity contribution in [1.82, 2.24) is 9.80 Å². The molecule has 0 spiro atoms. The second-order valence-corrected chi connectivity index (χ2v) is 5.58. The molecule has 2 aliphatic heterocycles. The van der Waals surface area contributed by atoms with Crippen LogP contribution in [0.5, 0.6) is 0 Å². The molecule has 2 aliphatic rings. The van der Waals surface area contributed by atoms with Gasteiger partial charge in [-0.15, -0.1) is 0 Å². The number of β-amino-alcohol motifs (C(OH)–C–C–N with tert-alkyl or cyclic N) is 1. The van der Waals surface area contributed by atoms with Gasteiger partial charge in [-0.3, -0.25) is 4.79 Å². The third-order valence-electron chi connectivity index (χ3n) is 4.16. The van der Waals surface area contributed by atoms with Crippen molar-refractivity contribution >= 4 is 12.0 Å². The van der Waals surface area contributed by atoms with E-state index in [1.165, 1.54) is 4.90 Å². The van der Waals surface area contributed by atoms with E-state index in [2.05, 4.69) is 0 Å². The van der Waals surface area contributed by atoms with Crippen LogP contribution in [0.3, 0.4) is 0 Å². The fraction of sp³-hybridized carbons (Fsp3) is 0.833. The zero-order chi connectivity index (χ0) is 15.8. The lowest BCUT2D eigenvalue weighted by molar-refractivity contribution is -0.227. The van der Waals surface area contributed by atoms with Crippen molar-refractivity contribution in [3.8, 4) is 0 Å². The van der Waals surface area contributed by atoms with E-state index in [0.717, 1.165) is 4.90 Å². The Bertz CT molecular complexity index is 443. The van der Waals surface area contributed by atoms with Gasteiger partial charge in [-0.05, 0) is 19.3 Å². The summed E-state index contributed by atoms with van der Waals surface area (Å²) < 4.78 is 39.1. The van der Waals surface area contributed by atoms with Crippen molar-refractivity contribution in [2.45, 2.75) is 31.5 Å². The molecule has 120 valence electrons. The number of alkyl halides is 3. The Hall–Kier alpha value is -1.51. The zero-order valence-corrected chi connectivity index (χ0v) is 11.3. The van der Waals surface area contributed by atoms with Crippen molar-refractivity contribution in [1.29, 1.82) is 0 Å². The van der Waals surface area contributed by atoms with E-state index in [9.17, 15) is 27.9 Å². The number of likely N-dealkylation sites (tertiary alicyclic amines) is 2. The average Bonchev–Trinajstić information content (AvgIpc) is 2.83. The molecular formula is C12H17F3N2O4. The lowest BCUT2D eigenvalue weighted by Crippen LogP contribution is -2.51. The number of aliphatic hydroxyl groups is 1. The molecule has 2 atom stereocenters. The first-order valence-electron chi connectivity index (χ1n) is 6.69. The van der Waals surface area contributed by atoms with Crippen molar-refractivity contribution in [2.24, 2.45) is 5.41 Å². The van der Waals surface area contributed by atoms with Crippen molar-refractivity contribution in [2.75, 3.05) is 26.2 Å². The Labute approximate surface area is 119 Å². The minimum atomic E-state index is -4.91. The Morgan fingerprint density at radius 3 is 2.33 bits per heavy atom. The van der Waals surface area contributed by atoms with Gasteiger partial charge >= 0.3 is 18.2 Å². The molecule has 9 heteroatoms. The van der Waals surface area contributed by atoms with E-state index in [-0.39, 0.29) is 13.1 Å². The summed E-state index contributed by atoms with van der Waals surface area (Å²) in [5.41, 5.74) is -2.89. The number of hydrogen-bond donors (Lipinski definition) is 2. The van der Waals surface area contributed by atoms with Gasteiger partial charge in [-0.2, -0.15) is 13.2 Å². The molecule has 2 amide bonds. The number of carboxylic acid groups (broad SMARTS) is 1. The number of aliphatic hydroxyl groups excluding tert-OH is 1. The summed E-state index contributed by atoms with van der Waals surface area (Å²) >= 11 is 0. The lowest BCUT2D eigenvalue weighted by Gasteiger charge is -2.34. The van der Waals surface area contributed by atoms with Gasteiger partial charge in [0.15, 0.2) is 5.41 Å². The van der Waals surface area contributed by atoms with Crippen LogP contribution in [0.4, 0.5) is 18.0 Å². The van der Waals surface area contributed by atoms with Gasteiger partial charge in [0, 0.05) is 26.2 Å². The smallest absolute Gasteiger partial charge is 0.406 e. The SMILES string of the molecule is O=C(N1CCCC(O)C1)N1CCC(C(=O)O)(C(F)(F)F)C1. The molecular weight excluding hydrogens is 293 g/mol. The fourth-order valence-electron chi connectivity index (χ4n) is 2.83. The van der Waals surface area contributed by atoms with Crippen LogP contribution in [-0.4, -0.2) is 70.5 Å². The summed E-state index contributed by atoms with van der Waals surface area (Å²) in [7, 11) is 0. The highest BCUT2D eigenvalue weighted by molar-refractivity contribution is 5.80. The maximum absolute atomic E-state index is 13.0. The molecule has 21 heavy (non-hydrogen) atoms. The van der Waals surface area contributed by atoms with Crippen LogP contribution in [-0.2, 0) is 4.79 Å². The number of carbonyl (C=O) groups is 2. The monoisotopic (exact) mass is 310 g/mol. The molecule has 0 aromatic carbocycles. The van der Waals surface area contributed by atoms with E-state index in [4.69, 9.17) is 5.11 Å². The van der Waals surface area contributed by atoms with Gasteiger partial charge in [0.05, 0.1) is 6.10 Å². The van der Waals surface area contributed by atoms with Gasteiger partial charge in [-0.1, -0.05) is 0 Å². The third-order valence-corrected chi connectivity index (χ3v) is 4.16. The topological polar surface area (TPSA) is 81.1 Å². The van der Waals surface area contributed by atoms with Gasteiger partial charge in [-0.25, -0.2) is 4.79 Å². The number of urea groups is 1. The van der Waals surface area contributed by atoms with Gasteiger partial charge in [0.1, 0.15) is 0 Å². The van der Waals surface area contributed by atoms with Crippen molar-refractivity contribution in [3.05, 3.63) is 0 Å². The first kappa shape index (κ1) is 15.9. The first-order chi connectivity index (χ1) is 9.67. The van der Waals surface area contributed by atoms with Crippen LogP contribution >= 0.6 is 0 Å². The Morgan fingerprint density at radius 2 is 1.86 bits per heavy atom. The zero-order valence-electron chi connectivity index (χ0n) is 11.3. The average molecular weight is 310 g/mol. The van der Waals surface area contributed by atoms with Crippen LogP contribution < -0.4 is 0 Å². The maximum Gasteiger partial charge on any atom is 0.406 e. The van der Waals surface area contributed by atoms with Crippen LogP contribution in [0, 0.1) is 5.41 Å². The number of halogens is 3. The summed E-state index contributed by atoms with van der Waals surface area (Å²) in [6, 6.07) is -0.638. The van der Waals surface area contributed by atoms with Crippen molar-refractivity contribution < 1.29 is 33.0 Å². The molecule has 0 bridgehead atoms. The molecule has 2 N–H and O–H groups in total. The number of amides is 2. The summed E-state index contributed by atoms with van der Waals surface area (Å²) in [4.78, 5) is 25.4. The van der Waals surface area contributed by atoms with E-state index in [1.54, 1.807) is 0 Å². The van der Waals surface area contributed by atoms with E-state index >= 15 is 0 Å². The summed E-state index contributed by atoms with van der Waals surface area (Å²) in [6.45, 7) is -0.700. The maximum atomic E-state index is 13.0. The molecule has 2 heterocycles. The fourth-order valence-corrected chi connectivity index (χ4v) is 2.83. The highest BCUT2D eigenvalue weighted by Crippen LogP contribution is 2.45. The van der Waals surface area contributed by atoms with Crippen LogP contribution in [0.25, 0.3) is 0 Å². The normalized spacial score (nSPS) is 30.6. The van der Waals surface area contributed by atoms with Crippen LogP contribution in [0.1, 0.15) is 19.3 Å². The number of aliphatic carboxylic acids is 1. The molecule has 2 unspecified atom stereocenters. The van der Waals surface area contributed by atoms with Crippen molar-refractivity contribution in [3.63, 3.8) is 0 Å². The molecule has 2 saturated heterocycles. The summed E-state index contributed by atoms with van der Waals surface area (Å²) in [5.74, 6) is -1.95. The number of nitrogens with zero attached hydrogens (tertiary/aromatic N) is 2. The molecule has 2 fully saturated rings. The highest BCUT2D eigenvalue weighted by Gasteiger charge is 2.64. The number of rotatable bonds is 1. The Morgan fingerprint density at radius 1 is 1.19 bits per heavy atom. The van der Waals surface area contributed by atoms with Crippen LogP contribution in [0.2, 0.25) is 0 Å². The van der Waals surface area contributed by atoms with E-state index in [1.807, 2.05) is 0 Å². The molecule has 0 aromatic rings. The quantitative estimate of drug-likeness (QED) is 0.754. The largest absolute Gasteiger partial charge is 0.481 e. The third kappa shape index (κ3) is 2.78. The summed E-state index contributed by atoms with van der Waals surface area (Å²) in [6.07, 6.45) is -5.12. The minimum Gasteiger partial charge on any atom is -0.481 e. The number of carbonyl (C=O) groups excluding carboxylic acids is 1. The number of carboxylic acids is 1. The van der Waals surface area contributed by atoms with Gasteiger partial charge in [0.2, 0.25) is 0 Å². The molecule has 0 aliphatic carbocycles. The Kier molecular flexibility index (Phi) is 4.05. The minimum absolute atomic E-state index is 0.0709. The number of hydrogen-bond acceptors (Lipinski definition) is 3. The second-order valence-electron chi connectivity index (χ2n) is 5.58. The Balaban J connectivity index is 2.10. The highest BCUT2D eigenvalue weighted by atomic mass is 19.4. The molecule has 0 radical (unpaired) electrons. The van der Waals surface area contributed by atoms with Crippen LogP contribution in [0.15, 0.2) is 0 Å². The van der Waals surface area contributed by atoms with Gasteiger partial charge < -0.3 is 20.0 Å². The molecule has 0 saturated carbocycles. The van der Waals surface area contributed by atoms with Gasteiger partial charge in [0.25, 0.3) is 0 Å². The van der Waals surface area contributed by atoms with E-state index < -0.39 is 42.7 Å². The number of piperidine rings is 1. The first-order valence-corrected chi connectivity index (χ1v) is 6.69. The molecule has 0 aromatic heterocycles. The second kappa shape index (κ2) is 5.36. The predicted octanol–water partition coefficient (Wildman–Crippen LogP) is 0.902. The molecule has 6 nitrogen and oxygen atoms in total. The standard InChI is InChI=1S/C12H17F3N2O4/c13-12(14,15)11(9(19)20)3-5-17(7-11)10(21)16-4-1-2-8(18)6-16/h8,18H,1-7H2,(H,19,20). The van der Waals surface area contributed by atoms with E-state index in [0.29, 0.717) is 19.4 Å². The lowest BCUT2D eigenvalue weighted by atomic mass is 9.86.